The van der Waals surface area contributed by atoms with Crippen LogP contribution in [0.15, 0.2) is 54.6 Å². The third-order valence-electron chi connectivity index (χ3n) is 5.66. The molecule has 0 aromatic heterocycles. The second-order valence-electron chi connectivity index (χ2n) is 7.98. The maximum Gasteiger partial charge on any atom is 0.328 e. The van der Waals surface area contributed by atoms with E-state index in [2.05, 4.69) is 49.5 Å². The summed E-state index contributed by atoms with van der Waals surface area (Å²) in [4.78, 5) is 33.6. The first kappa shape index (κ1) is 25.8. The van der Waals surface area contributed by atoms with Crippen LogP contribution in [0.3, 0.4) is 0 Å². The molecule has 0 spiro atoms. The molecule has 0 saturated carbocycles. The normalized spacial score (nSPS) is 19.8. The van der Waals surface area contributed by atoms with E-state index in [1.54, 1.807) is 6.92 Å². The number of hydrogen-bond donors (Lipinski definition) is 4. The summed E-state index contributed by atoms with van der Waals surface area (Å²) in [5, 5.41) is 19.0. The standard InChI is InChI=1S/C21H27N3O.C4H4O4/c1-5-23-19-8-6-7-17-18(16-11-9-14(2)10-12-16)13-24(4)21(22,15(3)25)20(17)19;5-3(6)1-2-4(7)8/h6-12,18,23H,5,13,22H2,1-4H3;1-2H,(H,5,6)(H,7,8). The van der Waals surface area contributed by atoms with Crippen LogP contribution < -0.4 is 11.1 Å². The van der Waals surface area contributed by atoms with E-state index in [0.29, 0.717) is 18.7 Å². The maximum absolute atomic E-state index is 12.5. The number of hydrogen-bond acceptors (Lipinski definition) is 6. The van der Waals surface area contributed by atoms with E-state index >= 15 is 0 Å². The molecule has 0 saturated heterocycles. The molecule has 0 bridgehead atoms. The van der Waals surface area contributed by atoms with Crippen molar-refractivity contribution in [3.8, 4) is 0 Å². The number of nitrogens with two attached hydrogens (primary N) is 1. The third-order valence-corrected chi connectivity index (χ3v) is 5.66. The Kier molecular flexibility index (Phi) is 8.50. The highest BCUT2D eigenvalue weighted by atomic mass is 16.4. The van der Waals surface area contributed by atoms with Gasteiger partial charge in [0.1, 0.15) is 0 Å². The molecule has 0 aliphatic carbocycles. The Labute approximate surface area is 193 Å². The first-order valence-electron chi connectivity index (χ1n) is 10.6. The number of carbonyl (C=O) groups excluding carboxylic acids is 1. The Morgan fingerprint density at radius 2 is 1.70 bits per heavy atom. The van der Waals surface area contributed by atoms with Crippen LogP contribution in [-0.2, 0) is 20.0 Å². The molecular weight excluding hydrogens is 422 g/mol. The van der Waals surface area contributed by atoms with E-state index in [4.69, 9.17) is 15.9 Å². The average Bonchev–Trinajstić information content (AvgIpc) is 2.76. The van der Waals surface area contributed by atoms with Crippen LogP contribution in [0.25, 0.3) is 0 Å². The summed E-state index contributed by atoms with van der Waals surface area (Å²) in [6, 6.07) is 14.8. The summed E-state index contributed by atoms with van der Waals surface area (Å²) >= 11 is 0. The monoisotopic (exact) mass is 453 g/mol. The number of carboxylic acids is 2. The van der Waals surface area contributed by atoms with Crippen molar-refractivity contribution in [2.45, 2.75) is 32.4 Å². The molecule has 2 atom stereocenters. The Morgan fingerprint density at radius 3 is 2.18 bits per heavy atom. The molecule has 8 heteroatoms. The Hall–Kier alpha value is -3.49. The Balaban J connectivity index is 0.000000414. The van der Waals surface area contributed by atoms with Crippen LogP contribution in [0, 0.1) is 6.92 Å². The SMILES string of the molecule is CCNc1cccc2c1C(N)(C(C)=O)N(C)CC2c1ccc(C)cc1.O=C(O)C=CC(=O)O. The van der Waals surface area contributed by atoms with Crippen molar-refractivity contribution in [2.24, 2.45) is 5.73 Å². The van der Waals surface area contributed by atoms with Crippen molar-refractivity contribution in [3.05, 3.63) is 76.9 Å². The van der Waals surface area contributed by atoms with Crippen LogP contribution >= 0.6 is 0 Å². The van der Waals surface area contributed by atoms with Gasteiger partial charge in [-0.25, -0.2) is 9.59 Å². The highest BCUT2D eigenvalue weighted by Crippen LogP contribution is 2.43. The van der Waals surface area contributed by atoms with Gasteiger partial charge in [0.25, 0.3) is 0 Å². The van der Waals surface area contributed by atoms with Crippen molar-refractivity contribution in [1.29, 1.82) is 0 Å². The highest BCUT2D eigenvalue weighted by molar-refractivity contribution is 5.90. The van der Waals surface area contributed by atoms with Gasteiger partial charge in [0.05, 0.1) is 0 Å². The molecule has 176 valence electrons. The molecule has 0 amide bonds. The molecule has 2 aromatic carbocycles. The summed E-state index contributed by atoms with van der Waals surface area (Å²) in [5.74, 6) is -2.36. The van der Waals surface area contributed by atoms with Crippen molar-refractivity contribution < 1.29 is 24.6 Å². The summed E-state index contributed by atoms with van der Waals surface area (Å²) < 4.78 is 0. The van der Waals surface area contributed by atoms with Gasteiger partial charge in [0.2, 0.25) is 0 Å². The molecule has 2 aromatic rings. The molecule has 0 fully saturated rings. The number of carboxylic acid groups (broad SMARTS) is 2. The molecule has 8 nitrogen and oxygen atoms in total. The van der Waals surface area contributed by atoms with Gasteiger partial charge in [-0.1, -0.05) is 42.0 Å². The third kappa shape index (κ3) is 5.85. The Bertz CT molecular complexity index is 1030. The van der Waals surface area contributed by atoms with E-state index in [1.807, 2.05) is 24.1 Å². The molecule has 33 heavy (non-hydrogen) atoms. The largest absolute Gasteiger partial charge is 0.478 e. The van der Waals surface area contributed by atoms with Gasteiger partial charge in [0, 0.05) is 42.4 Å². The fourth-order valence-electron chi connectivity index (χ4n) is 4.00. The number of carbonyl (C=O) groups is 3. The predicted molar refractivity (Wildman–Crippen MR) is 127 cm³/mol. The summed E-state index contributed by atoms with van der Waals surface area (Å²) in [6.45, 7) is 7.21. The first-order chi connectivity index (χ1) is 15.5. The van der Waals surface area contributed by atoms with Gasteiger partial charge in [-0.05, 0) is 45.0 Å². The molecule has 1 aliphatic heterocycles. The second-order valence-corrected chi connectivity index (χ2v) is 7.98. The minimum Gasteiger partial charge on any atom is -0.478 e. The smallest absolute Gasteiger partial charge is 0.328 e. The minimum absolute atomic E-state index is 0.0380. The summed E-state index contributed by atoms with van der Waals surface area (Å²) in [5.41, 5.74) is 11.1. The fourth-order valence-corrected chi connectivity index (χ4v) is 4.00. The number of Topliss-reactive ketones (excluding diaryl/α,β-unsaturated/α-hetero) is 1. The highest BCUT2D eigenvalue weighted by Gasteiger charge is 2.46. The first-order valence-corrected chi connectivity index (χ1v) is 10.6. The van der Waals surface area contributed by atoms with Crippen LogP contribution in [0.4, 0.5) is 5.69 Å². The second kappa shape index (κ2) is 10.9. The molecule has 0 radical (unpaired) electrons. The van der Waals surface area contributed by atoms with E-state index in [1.165, 1.54) is 11.1 Å². The van der Waals surface area contributed by atoms with Gasteiger partial charge in [-0.15, -0.1) is 0 Å². The molecule has 3 rings (SSSR count). The predicted octanol–water partition coefficient (Wildman–Crippen LogP) is 2.92. The van der Waals surface area contributed by atoms with E-state index in [-0.39, 0.29) is 11.7 Å². The zero-order valence-corrected chi connectivity index (χ0v) is 19.3. The van der Waals surface area contributed by atoms with E-state index in [0.717, 1.165) is 23.4 Å². The summed E-state index contributed by atoms with van der Waals surface area (Å²) in [6.07, 6.45) is 1.12. The van der Waals surface area contributed by atoms with E-state index in [9.17, 15) is 14.4 Å². The average molecular weight is 454 g/mol. The van der Waals surface area contributed by atoms with Crippen molar-refractivity contribution in [2.75, 3.05) is 25.5 Å². The van der Waals surface area contributed by atoms with Crippen LogP contribution in [0.1, 0.15) is 42.0 Å². The number of nitrogens with one attached hydrogen (secondary N) is 1. The van der Waals surface area contributed by atoms with Crippen molar-refractivity contribution >= 4 is 23.4 Å². The van der Waals surface area contributed by atoms with Crippen molar-refractivity contribution in [3.63, 3.8) is 0 Å². The van der Waals surface area contributed by atoms with E-state index < -0.39 is 17.6 Å². The van der Waals surface area contributed by atoms with Gasteiger partial charge in [-0.2, -0.15) is 0 Å². The lowest BCUT2D eigenvalue weighted by Crippen LogP contribution is -2.60. The van der Waals surface area contributed by atoms with Crippen LogP contribution in [0.2, 0.25) is 0 Å². The number of nitrogens with zero attached hydrogens (tertiary/aromatic N) is 1. The maximum atomic E-state index is 12.5. The van der Waals surface area contributed by atoms with Gasteiger partial charge in [-0.3, -0.25) is 9.69 Å². The number of anilines is 1. The number of ketones is 1. The van der Waals surface area contributed by atoms with Crippen LogP contribution in [0.5, 0.6) is 0 Å². The van der Waals surface area contributed by atoms with Crippen LogP contribution in [-0.4, -0.2) is 53.0 Å². The number of benzene rings is 2. The molecule has 1 aliphatic rings. The van der Waals surface area contributed by atoms with Crippen molar-refractivity contribution in [1.82, 2.24) is 4.90 Å². The molecular formula is C25H31N3O5. The van der Waals surface area contributed by atoms with Gasteiger partial charge < -0.3 is 21.3 Å². The quantitative estimate of drug-likeness (QED) is 0.491. The zero-order chi connectivity index (χ0) is 24.8. The molecule has 1 heterocycles. The van der Waals surface area contributed by atoms with Gasteiger partial charge >= 0.3 is 11.9 Å². The number of fused-ring (bicyclic) bond motifs is 1. The lowest BCUT2D eigenvalue weighted by Gasteiger charge is -2.46. The summed E-state index contributed by atoms with van der Waals surface area (Å²) in [7, 11) is 1.94. The number of likely N-dealkylation sites (N-methyl/N-ethyl adjacent to an activating group) is 1. The molecule has 2 unspecified atom stereocenters. The Morgan fingerprint density at radius 1 is 1.12 bits per heavy atom. The minimum atomic E-state index is -1.26. The lowest BCUT2D eigenvalue weighted by atomic mass is 9.76. The fraction of sp³-hybridized carbons (Fsp3) is 0.320. The van der Waals surface area contributed by atoms with Gasteiger partial charge in [0.15, 0.2) is 11.4 Å². The number of aliphatic carboxylic acids is 2. The zero-order valence-electron chi connectivity index (χ0n) is 19.3. The topological polar surface area (TPSA) is 133 Å². The lowest BCUT2D eigenvalue weighted by molar-refractivity contribution is -0.134. The number of rotatable bonds is 6. The molecule has 5 N–H and O–H groups in total. The number of aryl methyl sites for hydroxylation is 1.